The van der Waals surface area contributed by atoms with Crippen molar-refractivity contribution in [1.29, 1.82) is 0 Å². The zero-order valence-electron chi connectivity index (χ0n) is 9.22. The van der Waals surface area contributed by atoms with Gasteiger partial charge in [-0.3, -0.25) is 4.79 Å². The molecular weight excluding hydrogens is 204 g/mol. The quantitative estimate of drug-likeness (QED) is 0.713. The summed E-state index contributed by atoms with van der Waals surface area (Å²) < 4.78 is 11.0. The van der Waals surface area contributed by atoms with E-state index in [0.717, 1.165) is 31.3 Å². The topological polar surface area (TPSA) is 35.5 Å². The maximum Gasteiger partial charge on any atom is 0.150 e. The van der Waals surface area contributed by atoms with Gasteiger partial charge in [0.05, 0.1) is 19.3 Å². The summed E-state index contributed by atoms with van der Waals surface area (Å²) in [5, 5.41) is 0. The molecule has 0 aliphatic carbocycles. The van der Waals surface area contributed by atoms with E-state index in [2.05, 4.69) is 0 Å². The van der Waals surface area contributed by atoms with E-state index in [1.54, 1.807) is 6.07 Å². The first kappa shape index (κ1) is 11.3. The van der Waals surface area contributed by atoms with Gasteiger partial charge in [-0.05, 0) is 24.5 Å². The molecule has 1 aliphatic rings. The average Bonchev–Trinajstić information content (AvgIpc) is 2.82. The molecule has 3 heteroatoms. The lowest BCUT2D eigenvalue weighted by atomic mass is 10.1. The van der Waals surface area contributed by atoms with Crippen LogP contribution in [0.4, 0.5) is 0 Å². The molecule has 1 aliphatic heterocycles. The molecule has 1 atom stereocenters. The van der Waals surface area contributed by atoms with Gasteiger partial charge in [-0.1, -0.05) is 18.2 Å². The van der Waals surface area contributed by atoms with Gasteiger partial charge in [0, 0.05) is 12.2 Å². The Labute approximate surface area is 95.4 Å². The molecule has 86 valence electrons. The van der Waals surface area contributed by atoms with Crippen molar-refractivity contribution < 1.29 is 14.3 Å². The van der Waals surface area contributed by atoms with Gasteiger partial charge in [0.25, 0.3) is 0 Å². The van der Waals surface area contributed by atoms with Crippen LogP contribution in [0.25, 0.3) is 0 Å². The molecule has 0 radical (unpaired) electrons. The lowest BCUT2D eigenvalue weighted by Crippen LogP contribution is -2.13. The summed E-state index contributed by atoms with van der Waals surface area (Å²) in [5.74, 6) is 0. The molecule has 1 aromatic rings. The van der Waals surface area contributed by atoms with Crippen LogP contribution >= 0.6 is 0 Å². The Morgan fingerprint density at radius 2 is 2.44 bits per heavy atom. The van der Waals surface area contributed by atoms with E-state index >= 15 is 0 Å². The summed E-state index contributed by atoms with van der Waals surface area (Å²) in [6, 6.07) is 7.47. The van der Waals surface area contributed by atoms with Crippen LogP contribution in [0.2, 0.25) is 0 Å². The van der Waals surface area contributed by atoms with Gasteiger partial charge in [0.1, 0.15) is 6.29 Å². The van der Waals surface area contributed by atoms with Crippen LogP contribution in [0.3, 0.4) is 0 Å². The molecule has 2 rings (SSSR count). The molecule has 1 aromatic carbocycles. The Balaban J connectivity index is 1.77. The summed E-state index contributed by atoms with van der Waals surface area (Å²) in [4.78, 5) is 10.6. The molecule has 0 N–H and O–H groups in total. The maximum atomic E-state index is 10.6. The first-order valence-corrected chi connectivity index (χ1v) is 5.62. The third kappa shape index (κ3) is 3.15. The highest BCUT2D eigenvalue weighted by Crippen LogP contribution is 2.13. The highest BCUT2D eigenvalue weighted by molar-refractivity contribution is 5.74. The number of hydrogen-bond donors (Lipinski definition) is 0. The van der Waals surface area contributed by atoms with Gasteiger partial charge < -0.3 is 9.47 Å². The second-order valence-electron chi connectivity index (χ2n) is 4.01. The van der Waals surface area contributed by atoms with Gasteiger partial charge in [-0.2, -0.15) is 0 Å². The van der Waals surface area contributed by atoms with Crippen LogP contribution in [-0.4, -0.2) is 25.6 Å². The first-order chi connectivity index (χ1) is 7.88. The molecule has 1 saturated heterocycles. The summed E-state index contributed by atoms with van der Waals surface area (Å²) in [7, 11) is 0. The predicted octanol–water partition coefficient (Wildman–Crippen LogP) is 2.19. The molecule has 1 fully saturated rings. The Kier molecular flexibility index (Phi) is 4.08. The van der Waals surface area contributed by atoms with Crippen LogP contribution in [0.5, 0.6) is 0 Å². The Morgan fingerprint density at radius 3 is 3.19 bits per heavy atom. The van der Waals surface area contributed by atoms with Gasteiger partial charge in [0.15, 0.2) is 0 Å². The van der Waals surface area contributed by atoms with E-state index in [0.29, 0.717) is 18.8 Å². The fourth-order valence-corrected chi connectivity index (χ4v) is 1.84. The van der Waals surface area contributed by atoms with E-state index in [4.69, 9.17) is 9.47 Å². The summed E-state index contributed by atoms with van der Waals surface area (Å²) in [6.07, 6.45) is 3.33. The monoisotopic (exact) mass is 220 g/mol. The minimum Gasteiger partial charge on any atom is -0.376 e. The van der Waals surface area contributed by atoms with Crippen molar-refractivity contribution in [3.8, 4) is 0 Å². The van der Waals surface area contributed by atoms with Gasteiger partial charge >= 0.3 is 0 Å². The van der Waals surface area contributed by atoms with E-state index in [1.807, 2.05) is 18.2 Å². The first-order valence-electron chi connectivity index (χ1n) is 5.62. The molecule has 0 amide bonds. The number of carbonyl (C=O) groups excluding carboxylic acids is 1. The third-order valence-electron chi connectivity index (χ3n) is 2.68. The number of rotatable bonds is 5. The minimum atomic E-state index is 0.259. The molecule has 0 spiro atoms. The highest BCUT2D eigenvalue weighted by atomic mass is 16.5. The molecule has 0 aromatic heterocycles. The van der Waals surface area contributed by atoms with Crippen molar-refractivity contribution in [1.82, 2.24) is 0 Å². The van der Waals surface area contributed by atoms with Crippen molar-refractivity contribution >= 4 is 6.29 Å². The normalized spacial score (nSPS) is 19.9. The largest absolute Gasteiger partial charge is 0.376 e. The maximum absolute atomic E-state index is 10.6. The SMILES string of the molecule is O=Cc1cccc(COC[C@@H]2CCCO2)c1. The standard InChI is InChI=1S/C13H16O3/c14-8-11-3-1-4-12(7-11)9-15-10-13-5-2-6-16-13/h1,3-4,7-8,13H,2,5-6,9-10H2/t13-/m0/s1. The van der Waals surface area contributed by atoms with Crippen molar-refractivity contribution in [3.05, 3.63) is 35.4 Å². The number of ether oxygens (including phenoxy) is 2. The molecule has 1 heterocycles. The minimum absolute atomic E-state index is 0.259. The molecular formula is C13H16O3. The van der Waals surface area contributed by atoms with E-state index in [9.17, 15) is 4.79 Å². The van der Waals surface area contributed by atoms with Crippen LogP contribution in [0.15, 0.2) is 24.3 Å². The fraction of sp³-hybridized carbons (Fsp3) is 0.462. The van der Waals surface area contributed by atoms with Gasteiger partial charge in [-0.25, -0.2) is 0 Å². The average molecular weight is 220 g/mol. The van der Waals surface area contributed by atoms with Crippen LogP contribution in [-0.2, 0) is 16.1 Å². The summed E-state index contributed by atoms with van der Waals surface area (Å²) in [5.41, 5.74) is 1.72. The molecule has 3 nitrogen and oxygen atoms in total. The fourth-order valence-electron chi connectivity index (χ4n) is 1.84. The van der Waals surface area contributed by atoms with Crippen molar-refractivity contribution in [2.75, 3.05) is 13.2 Å². The smallest absolute Gasteiger partial charge is 0.150 e. The van der Waals surface area contributed by atoms with Crippen LogP contribution in [0.1, 0.15) is 28.8 Å². The van der Waals surface area contributed by atoms with Gasteiger partial charge in [-0.15, -0.1) is 0 Å². The number of carbonyl (C=O) groups is 1. The predicted molar refractivity (Wildman–Crippen MR) is 60.5 cm³/mol. The Morgan fingerprint density at radius 1 is 1.50 bits per heavy atom. The van der Waals surface area contributed by atoms with E-state index in [-0.39, 0.29) is 6.10 Å². The number of benzene rings is 1. The zero-order valence-corrected chi connectivity index (χ0v) is 9.22. The van der Waals surface area contributed by atoms with Crippen LogP contribution < -0.4 is 0 Å². The number of hydrogen-bond acceptors (Lipinski definition) is 3. The van der Waals surface area contributed by atoms with E-state index in [1.165, 1.54) is 0 Å². The van der Waals surface area contributed by atoms with Crippen molar-refractivity contribution in [2.24, 2.45) is 0 Å². The Hall–Kier alpha value is -1.19. The van der Waals surface area contributed by atoms with Crippen molar-refractivity contribution in [3.63, 3.8) is 0 Å². The molecule has 16 heavy (non-hydrogen) atoms. The molecule has 0 bridgehead atoms. The van der Waals surface area contributed by atoms with E-state index < -0.39 is 0 Å². The zero-order chi connectivity index (χ0) is 11.2. The lowest BCUT2D eigenvalue weighted by molar-refractivity contribution is 0.0106. The highest BCUT2D eigenvalue weighted by Gasteiger charge is 2.15. The second kappa shape index (κ2) is 5.77. The summed E-state index contributed by atoms with van der Waals surface area (Å²) >= 11 is 0. The second-order valence-corrected chi connectivity index (χ2v) is 4.01. The van der Waals surface area contributed by atoms with Gasteiger partial charge in [0.2, 0.25) is 0 Å². The number of aldehydes is 1. The van der Waals surface area contributed by atoms with Crippen LogP contribution in [0, 0.1) is 0 Å². The lowest BCUT2D eigenvalue weighted by Gasteiger charge is -2.10. The Bertz CT molecular complexity index is 343. The van der Waals surface area contributed by atoms with Crippen molar-refractivity contribution in [2.45, 2.75) is 25.6 Å². The molecule has 0 saturated carbocycles. The summed E-state index contributed by atoms with van der Waals surface area (Å²) in [6.45, 7) is 2.04. The third-order valence-corrected chi connectivity index (χ3v) is 2.68. The molecule has 0 unspecified atom stereocenters.